The van der Waals surface area contributed by atoms with E-state index in [9.17, 15) is 4.39 Å². The molecule has 1 aromatic heterocycles. The Balaban J connectivity index is 1.50. The van der Waals surface area contributed by atoms with Crippen molar-refractivity contribution in [2.24, 2.45) is 4.99 Å². The minimum absolute atomic E-state index is 0.321. The molecule has 29 heavy (non-hydrogen) atoms. The Kier molecular flexibility index (Phi) is 5.20. The van der Waals surface area contributed by atoms with Crippen LogP contribution in [0.2, 0.25) is 0 Å². The van der Waals surface area contributed by atoms with Crippen LogP contribution < -0.4 is 10.2 Å². The number of nitrogens with one attached hydrogen (secondary N) is 1. The number of nitriles is 1. The molecule has 1 fully saturated rings. The van der Waals surface area contributed by atoms with Gasteiger partial charge in [0.15, 0.2) is 6.19 Å². The number of nitrogens with zero attached hydrogens (tertiary/aromatic N) is 6. The first kappa shape index (κ1) is 18.6. The van der Waals surface area contributed by atoms with E-state index in [0.717, 1.165) is 17.1 Å². The fourth-order valence-corrected chi connectivity index (χ4v) is 3.30. The van der Waals surface area contributed by atoms with Gasteiger partial charge in [-0.2, -0.15) is 5.26 Å². The number of hydrogen-bond acceptors (Lipinski definition) is 5. The van der Waals surface area contributed by atoms with Crippen molar-refractivity contribution in [2.75, 3.05) is 31.1 Å². The van der Waals surface area contributed by atoms with E-state index in [1.807, 2.05) is 37.4 Å². The first-order valence-electron chi connectivity index (χ1n) is 9.36. The van der Waals surface area contributed by atoms with Crippen LogP contribution in [0, 0.1) is 24.2 Å². The summed E-state index contributed by atoms with van der Waals surface area (Å²) in [6.45, 7) is 4.78. The number of rotatable bonds is 2. The third-order valence-electron chi connectivity index (χ3n) is 4.90. The number of benzene rings is 2. The summed E-state index contributed by atoms with van der Waals surface area (Å²) < 4.78 is 13.3. The number of anilines is 1. The molecule has 2 aromatic carbocycles. The number of piperazine rings is 1. The van der Waals surface area contributed by atoms with Crippen LogP contribution in [0.1, 0.15) is 5.56 Å². The van der Waals surface area contributed by atoms with Crippen LogP contribution in [-0.2, 0) is 0 Å². The maximum absolute atomic E-state index is 13.3. The molecule has 3 aromatic rings. The number of aliphatic imine (C=N–C) groups is 1. The average Bonchev–Trinajstić information content (AvgIpc) is 2.75. The summed E-state index contributed by atoms with van der Waals surface area (Å²) in [4.78, 5) is 17.8. The normalized spacial score (nSPS) is 14.7. The van der Waals surface area contributed by atoms with Gasteiger partial charge in [-0.05, 0) is 30.7 Å². The van der Waals surface area contributed by atoms with Gasteiger partial charge in [0.05, 0.1) is 22.9 Å². The number of hydrogen-bond donors (Lipinski definition) is 1. The molecule has 0 atom stereocenters. The number of para-hydroxylation sites is 1. The van der Waals surface area contributed by atoms with Crippen molar-refractivity contribution in [1.82, 2.24) is 20.2 Å². The maximum atomic E-state index is 13.3. The van der Waals surface area contributed by atoms with Crippen molar-refractivity contribution in [2.45, 2.75) is 6.92 Å². The van der Waals surface area contributed by atoms with E-state index in [-0.39, 0.29) is 5.82 Å². The summed E-state index contributed by atoms with van der Waals surface area (Å²) in [7, 11) is 0. The summed E-state index contributed by atoms with van der Waals surface area (Å²) in [6.07, 6.45) is 3.66. The van der Waals surface area contributed by atoms with Crippen molar-refractivity contribution in [3.05, 3.63) is 60.0 Å². The molecule has 0 spiro atoms. The molecule has 7 nitrogen and oxygen atoms in total. The zero-order chi connectivity index (χ0) is 20.2. The minimum Gasteiger partial charge on any atom is -0.352 e. The molecule has 1 N–H and O–H groups in total. The topological polar surface area (TPSA) is 80.4 Å². The van der Waals surface area contributed by atoms with Gasteiger partial charge >= 0.3 is 0 Å². The van der Waals surface area contributed by atoms with Crippen LogP contribution in [0.3, 0.4) is 0 Å². The van der Waals surface area contributed by atoms with Crippen molar-refractivity contribution in [1.29, 1.82) is 5.26 Å². The highest BCUT2D eigenvalue weighted by atomic mass is 19.1. The van der Waals surface area contributed by atoms with E-state index in [2.05, 4.69) is 30.1 Å². The van der Waals surface area contributed by atoms with Gasteiger partial charge in [-0.1, -0.05) is 18.2 Å². The Bertz CT molecular complexity index is 1100. The van der Waals surface area contributed by atoms with Gasteiger partial charge in [-0.15, -0.1) is 0 Å². The van der Waals surface area contributed by atoms with E-state index in [1.165, 1.54) is 12.1 Å². The first-order chi connectivity index (χ1) is 14.1. The molecule has 8 heteroatoms. The quantitative estimate of drug-likeness (QED) is 0.314. The molecule has 4 rings (SSSR count). The average molecular weight is 389 g/mol. The Labute approximate surface area is 168 Å². The van der Waals surface area contributed by atoms with Crippen LogP contribution >= 0.6 is 0 Å². The molecule has 0 radical (unpaired) electrons. The number of fused-ring (bicyclic) bond motifs is 1. The van der Waals surface area contributed by atoms with E-state index in [0.29, 0.717) is 43.2 Å². The molecular formula is C21H20FN7. The molecule has 146 valence electrons. The molecule has 0 aliphatic carbocycles. The summed E-state index contributed by atoms with van der Waals surface area (Å²) in [5, 5.41) is 11.9. The molecular weight excluding hydrogens is 369 g/mol. The van der Waals surface area contributed by atoms with E-state index in [1.54, 1.807) is 12.3 Å². The molecule has 1 aliphatic heterocycles. The number of guanidine groups is 1. The maximum Gasteiger partial charge on any atom is 0.212 e. The number of halogens is 1. The highest BCUT2D eigenvalue weighted by molar-refractivity contribution is 5.84. The third-order valence-corrected chi connectivity index (χ3v) is 4.90. The molecule has 2 heterocycles. The van der Waals surface area contributed by atoms with Gasteiger partial charge in [0.2, 0.25) is 5.96 Å². The van der Waals surface area contributed by atoms with Gasteiger partial charge in [-0.25, -0.2) is 14.4 Å². The largest absolute Gasteiger partial charge is 0.352 e. The van der Waals surface area contributed by atoms with Crippen LogP contribution in [0.5, 0.6) is 0 Å². The van der Waals surface area contributed by atoms with Crippen LogP contribution in [0.15, 0.2) is 53.7 Å². The predicted octanol–water partition coefficient (Wildman–Crippen LogP) is 2.96. The molecule has 0 amide bonds. The van der Waals surface area contributed by atoms with E-state index < -0.39 is 0 Å². The van der Waals surface area contributed by atoms with Crippen LogP contribution in [0.4, 0.5) is 15.9 Å². The van der Waals surface area contributed by atoms with Crippen LogP contribution in [0.25, 0.3) is 11.0 Å². The molecule has 0 bridgehead atoms. The lowest BCUT2D eigenvalue weighted by molar-refractivity contribution is 0.376. The fraction of sp³-hybridized carbons (Fsp3) is 0.238. The number of aromatic nitrogens is 2. The second kappa shape index (κ2) is 8.10. The highest BCUT2D eigenvalue weighted by Crippen LogP contribution is 2.20. The van der Waals surface area contributed by atoms with Gasteiger partial charge < -0.3 is 9.80 Å². The summed E-state index contributed by atoms with van der Waals surface area (Å²) >= 11 is 0. The van der Waals surface area contributed by atoms with Gasteiger partial charge in [-0.3, -0.25) is 10.3 Å². The smallest absolute Gasteiger partial charge is 0.212 e. The number of aryl methyl sites for hydroxylation is 1. The standard InChI is InChI=1S/C21H20FN7/c1-15-4-2-3-5-17(15)27-21(25-14-23)29-10-8-28(9-11-29)20-13-24-19-12-16(22)6-7-18(19)26-20/h2-7,12-13H,8-11H2,1H3,(H,25,27). The second-order valence-electron chi connectivity index (χ2n) is 6.79. The second-order valence-corrected chi connectivity index (χ2v) is 6.79. The molecule has 1 aliphatic rings. The predicted molar refractivity (Wildman–Crippen MR) is 110 cm³/mol. The minimum atomic E-state index is -0.321. The monoisotopic (exact) mass is 389 g/mol. The lowest BCUT2D eigenvalue weighted by Gasteiger charge is -2.36. The summed E-state index contributed by atoms with van der Waals surface area (Å²) in [5.41, 5.74) is 3.09. The molecule has 1 saturated heterocycles. The van der Waals surface area contributed by atoms with Gasteiger partial charge in [0.1, 0.15) is 11.6 Å². The van der Waals surface area contributed by atoms with E-state index in [4.69, 9.17) is 5.26 Å². The van der Waals surface area contributed by atoms with E-state index >= 15 is 0 Å². The zero-order valence-corrected chi connectivity index (χ0v) is 16.0. The Morgan fingerprint density at radius 2 is 1.93 bits per heavy atom. The molecule has 0 saturated carbocycles. The molecule has 0 unspecified atom stereocenters. The Morgan fingerprint density at radius 1 is 1.14 bits per heavy atom. The van der Waals surface area contributed by atoms with Crippen LogP contribution in [-0.4, -0.2) is 47.0 Å². The summed E-state index contributed by atoms with van der Waals surface area (Å²) in [5.74, 6) is 0.981. The lowest BCUT2D eigenvalue weighted by Crippen LogP contribution is -2.52. The zero-order valence-electron chi connectivity index (χ0n) is 16.0. The van der Waals surface area contributed by atoms with Gasteiger partial charge in [0, 0.05) is 32.2 Å². The highest BCUT2D eigenvalue weighted by Gasteiger charge is 2.21. The lowest BCUT2D eigenvalue weighted by atomic mass is 10.2. The summed E-state index contributed by atoms with van der Waals surface area (Å²) in [6, 6.07) is 12.2. The third kappa shape index (κ3) is 4.09. The fourth-order valence-electron chi connectivity index (χ4n) is 3.30. The van der Waals surface area contributed by atoms with Gasteiger partial charge in [0.25, 0.3) is 0 Å². The van der Waals surface area contributed by atoms with Crippen molar-refractivity contribution in [3.63, 3.8) is 0 Å². The van der Waals surface area contributed by atoms with Crippen molar-refractivity contribution >= 4 is 28.5 Å². The first-order valence-corrected chi connectivity index (χ1v) is 9.36. The Morgan fingerprint density at radius 3 is 2.69 bits per heavy atom. The van der Waals surface area contributed by atoms with Crippen molar-refractivity contribution in [3.8, 4) is 6.19 Å². The van der Waals surface area contributed by atoms with Crippen molar-refractivity contribution < 1.29 is 4.39 Å². The SMILES string of the molecule is Cc1ccccc1N=C(NC#N)N1CCN(c2cnc3cc(F)ccc3n2)CC1. The Hall–Kier alpha value is -3.73.